The summed E-state index contributed by atoms with van der Waals surface area (Å²) in [6, 6.07) is 4.73. The van der Waals surface area contributed by atoms with Crippen LogP contribution in [0.25, 0.3) is 0 Å². The predicted molar refractivity (Wildman–Crippen MR) is 102 cm³/mol. The van der Waals surface area contributed by atoms with Gasteiger partial charge in [-0.3, -0.25) is 9.52 Å². The Morgan fingerprint density at radius 3 is 2.12 bits per heavy atom. The molecule has 0 saturated carbocycles. The van der Waals surface area contributed by atoms with Gasteiger partial charge >= 0.3 is 0 Å². The highest BCUT2D eigenvalue weighted by atomic mass is 32.2. The second-order valence-corrected chi connectivity index (χ2v) is 8.34. The molecular weight excluding hydrogens is 342 g/mol. The Kier molecular flexibility index (Phi) is 7.10. The Hall–Kier alpha value is -1.96. The Balaban J connectivity index is 3.02. The van der Waals surface area contributed by atoms with Crippen molar-refractivity contribution in [3.05, 3.63) is 18.2 Å². The second-order valence-electron chi connectivity index (χ2n) is 6.59. The van der Waals surface area contributed by atoms with Gasteiger partial charge < -0.3 is 15.0 Å². The van der Waals surface area contributed by atoms with Gasteiger partial charge in [0.05, 0.1) is 19.1 Å². The van der Waals surface area contributed by atoms with Crippen molar-refractivity contribution in [1.29, 1.82) is 0 Å². The predicted octanol–water partition coefficient (Wildman–Crippen LogP) is 2.51. The molecule has 0 aliphatic heterocycles. The van der Waals surface area contributed by atoms with Gasteiger partial charge in [0.1, 0.15) is 11.8 Å². The molecule has 0 bridgehead atoms. The average Bonchev–Trinajstić information content (AvgIpc) is 2.44. The molecule has 1 rings (SSSR count). The molecule has 0 unspecified atom stereocenters. The molecule has 0 radical (unpaired) electrons. The molecule has 0 aromatic heterocycles. The Labute approximate surface area is 150 Å². The number of methoxy groups -OCH3 is 1. The zero-order valence-corrected chi connectivity index (χ0v) is 16.8. The molecule has 142 valence electrons. The van der Waals surface area contributed by atoms with E-state index in [0.717, 1.165) is 6.26 Å². The average molecular weight is 372 g/mol. The fourth-order valence-corrected chi connectivity index (χ4v) is 3.28. The van der Waals surface area contributed by atoms with Crippen molar-refractivity contribution >= 4 is 27.3 Å². The van der Waals surface area contributed by atoms with E-state index >= 15 is 0 Å². The fourth-order valence-electron chi connectivity index (χ4n) is 2.72. The van der Waals surface area contributed by atoms with Gasteiger partial charge in [-0.2, -0.15) is 0 Å². The van der Waals surface area contributed by atoms with Gasteiger partial charge in [0.15, 0.2) is 0 Å². The highest BCUT2D eigenvalue weighted by molar-refractivity contribution is 7.92. The molecule has 2 N–H and O–H groups in total. The fraction of sp³-hybridized carbons (Fsp3) is 0.588. The van der Waals surface area contributed by atoms with Crippen LogP contribution in [0.2, 0.25) is 0 Å². The normalized spacial score (nSPS) is 12.8. The highest BCUT2D eigenvalue weighted by Crippen LogP contribution is 2.29. The van der Waals surface area contributed by atoms with Gasteiger partial charge in [0, 0.05) is 17.8 Å². The second kappa shape index (κ2) is 8.42. The van der Waals surface area contributed by atoms with E-state index in [1.54, 1.807) is 25.1 Å². The van der Waals surface area contributed by atoms with Crippen LogP contribution in [-0.4, -0.2) is 50.7 Å². The molecule has 7 nitrogen and oxygen atoms in total. The topological polar surface area (TPSA) is 87.7 Å². The van der Waals surface area contributed by atoms with Gasteiger partial charge in [-0.1, -0.05) is 0 Å². The number of anilines is 2. The molecule has 8 heteroatoms. The van der Waals surface area contributed by atoms with Gasteiger partial charge in [0.25, 0.3) is 0 Å². The minimum absolute atomic E-state index is 0.0153. The van der Waals surface area contributed by atoms with E-state index in [0.29, 0.717) is 17.1 Å². The van der Waals surface area contributed by atoms with Crippen molar-refractivity contribution < 1.29 is 17.9 Å². The third-order valence-electron chi connectivity index (χ3n) is 3.62. The minimum atomic E-state index is -3.44. The van der Waals surface area contributed by atoms with Crippen molar-refractivity contribution in [2.75, 3.05) is 23.4 Å². The van der Waals surface area contributed by atoms with Gasteiger partial charge in [-0.25, -0.2) is 8.42 Å². The van der Waals surface area contributed by atoms with Gasteiger partial charge in [-0.15, -0.1) is 0 Å². The number of amides is 1. The first-order valence-corrected chi connectivity index (χ1v) is 10.1. The highest BCUT2D eigenvalue weighted by Gasteiger charge is 2.25. The largest absolute Gasteiger partial charge is 0.495 e. The monoisotopic (exact) mass is 371 g/mol. The van der Waals surface area contributed by atoms with E-state index in [1.165, 1.54) is 7.11 Å². The molecule has 1 atom stereocenters. The first-order chi connectivity index (χ1) is 11.5. The number of carbonyl (C=O) groups is 1. The summed E-state index contributed by atoms with van der Waals surface area (Å²) in [6.45, 7) is 9.70. The molecule has 25 heavy (non-hydrogen) atoms. The molecule has 0 saturated heterocycles. The van der Waals surface area contributed by atoms with Crippen molar-refractivity contribution in [3.63, 3.8) is 0 Å². The van der Waals surface area contributed by atoms with Gasteiger partial charge in [0.2, 0.25) is 15.9 Å². The lowest BCUT2D eigenvalue weighted by atomic mass is 10.1. The lowest BCUT2D eigenvalue weighted by Crippen LogP contribution is -2.48. The summed E-state index contributed by atoms with van der Waals surface area (Å²) in [6.07, 6.45) is 1.07. The van der Waals surface area contributed by atoms with Crippen LogP contribution >= 0.6 is 0 Å². The molecule has 0 spiro atoms. The molecule has 1 amide bonds. The Bertz CT molecular complexity index is 694. The number of ether oxygens (including phenoxy) is 1. The Morgan fingerprint density at radius 2 is 1.68 bits per heavy atom. The zero-order chi connectivity index (χ0) is 19.4. The number of nitrogens with zero attached hydrogens (tertiary/aromatic N) is 1. The van der Waals surface area contributed by atoms with E-state index < -0.39 is 16.1 Å². The van der Waals surface area contributed by atoms with Crippen LogP contribution in [0, 0.1) is 0 Å². The summed E-state index contributed by atoms with van der Waals surface area (Å²) in [5, 5.41) is 3.13. The molecule has 1 aromatic carbocycles. The standard InChI is InChI=1S/C17H29N3O4S/c1-11(2)20(12(3)4)17(21)13(5)18-14-8-9-16(24-6)15(10-14)19-25(7,22)23/h8-13,18-19H,1-7H3/t13-/m1/s1. The third kappa shape index (κ3) is 6.12. The van der Waals surface area contributed by atoms with Crippen molar-refractivity contribution in [2.45, 2.75) is 52.7 Å². The maximum absolute atomic E-state index is 12.7. The summed E-state index contributed by atoms with van der Waals surface area (Å²) in [5.74, 6) is 0.388. The SMILES string of the molecule is COc1ccc(N[C@H](C)C(=O)N(C(C)C)C(C)C)cc1NS(C)(=O)=O. The Morgan fingerprint density at radius 1 is 1.12 bits per heavy atom. The third-order valence-corrected chi connectivity index (χ3v) is 4.21. The summed E-state index contributed by atoms with van der Waals surface area (Å²) in [7, 11) is -1.98. The van der Waals surface area contributed by atoms with E-state index in [-0.39, 0.29) is 18.0 Å². The maximum atomic E-state index is 12.7. The lowest BCUT2D eigenvalue weighted by Gasteiger charge is -2.33. The number of benzene rings is 1. The maximum Gasteiger partial charge on any atom is 0.245 e. The molecule has 0 aliphatic carbocycles. The van der Waals surface area contributed by atoms with Crippen LogP contribution in [-0.2, 0) is 14.8 Å². The van der Waals surface area contributed by atoms with Crippen molar-refractivity contribution in [3.8, 4) is 5.75 Å². The van der Waals surface area contributed by atoms with E-state index in [4.69, 9.17) is 4.74 Å². The minimum Gasteiger partial charge on any atom is -0.495 e. The number of rotatable bonds is 8. The zero-order valence-electron chi connectivity index (χ0n) is 16.0. The smallest absolute Gasteiger partial charge is 0.245 e. The molecular formula is C17H29N3O4S. The summed E-state index contributed by atoms with van der Waals surface area (Å²) in [5.41, 5.74) is 0.944. The molecule has 0 heterocycles. The molecule has 1 aromatic rings. The summed E-state index contributed by atoms with van der Waals surface area (Å²) >= 11 is 0. The van der Waals surface area contributed by atoms with Crippen LogP contribution in [0.5, 0.6) is 5.75 Å². The van der Waals surface area contributed by atoms with Crippen LogP contribution in [0.3, 0.4) is 0 Å². The van der Waals surface area contributed by atoms with Crippen LogP contribution < -0.4 is 14.8 Å². The summed E-state index contributed by atoms with van der Waals surface area (Å²) < 4.78 is 30.6. The number of hydrogen-bond acceptors (Lipinski definition) is 5. The van der Waals surface area contributed by atoms with Crippen molar-refractivity contribution in [2.24, 2.45) is 0 Å². The number of hydrogen-bond donors (Lipinski definition) is 2. The summed E-state index contributed by atoms with van der Waals surface area (Å²) in [4.78, 5) is 14.5. The van der Waals surface area contributed by atoms with Crippen LogP contribution in [0.4, 0.5) is 11.4 Å². The van der Waals surface area contributed by atoms with Crippen molar-refractivity contribution in [1.82, 2.24) is 4.90 Å². The number of sulfonamides is 1. The quantitative estimate of drug-likeness (QED) is 0.733. The number of nitrogens with one attached hydrogen (secondary N) is 2. The first-order valence-electron chi connectivity index (χ1n) is 8.20. The molecule has 0 aliphatic rings. The molecule has 0 fully saturated rings. The first kappa shape index (κ1) is 21.1. The lowest BCUT2D eigenvalue weighted by molar-refractivity contribution is -0.135. The number of carbonyl (C=O) groups excluding carboxylic acids is 1. The van der Waals surface area contributed by atoms with Crippen LogP contribution in [0.1, 0.15) is 34.6 Å². The van der Waals surface area contributed by atoms with E-state index in [2.05, 4.69) is 10.0 Å². The van der Waals surface area contributed by atoms with E-state index in [9.17, 15) is 13.2 Å². The van der Waals surface area contributed by atoms with Crippen LogP contribution in [0.15, 0.2) is 18.2 Å². The van der Waals surface area contributed by atoms with Gasteiger partial charge in [-0.05, 0) is 52.8 Å². The van der Waals surface area contributed by atoms with E-state index in [1.807, 2.05) is 32.6 Å².